The highest BCUT2D eigenvalue weighted by Gasteiger charge is 2.21. The monoisotopic (exact) mass is 438 g/mol. The van der Waals surface area contributed by atoms with Gasteiger partial charge >= 0.3 is 5.97 Å². The Labute approximate surface area is 177 Å². The van der Waals surface area contributed by atoms with Crippen molar-refractivity contribution in [1.82, 2.24) is 14.5 Å². The maximum Gasteiger partial charge on any atom is 0.328 e. The lowest BCUT2D eigenvalue weighted by Gasteiger charge is -2.19. The molecule has 0 saturated carbocycles. The number of carbonyl (C=O) groups excluding carboxylic acids is 1. The molecule has 0 aliphatic heterocycles. The summed E-state index contributed by atoms with van der Waals surface area (Å²) in [5.41, 5.74) is 1.38. The SMILES string of the molecule is CCOC(=O)C(CCSC)Nc1cc(-n2ccnc2)c2ccc(Cl)c(Cl)c2n1. The van der Waals surface area contributed by atoms with E-state index in [4.69, 9.17) is 27.9 Å². The summed E-state index contributed by atoms with van der Waals surface area (Å²) in [6, 6.07) is 4.96. The highest BCUT2D eigenvalue weighted by atomic mass is 35.5. The maximum absolute atomic E-state index is 12.4. The van der Waals surface area contributed by atoms with Crippen LogP contribution in [0.1, 0.15) is 13.3 Å². The third-order valence-corrected chi connectivity index (χ3v) is 5.58. The molecule has 2 aromatic heterocycles. The van der Waals surface area contributed by atoms with Crippen molar-refractivity contribution in [3.8, 4) is 5.69 Å². The number of aromatic nitrogens is 3. The molecular formula is C19H20Cl2N4O2S. The number of hydrogen-bond donors (Lipinski definition) is 1. The van der Waals surface area contributed by atoms with Crippen molar-refractivity contribution in [2.24, 2.45) is 0 Å². The summed E-state index contributed by atoms with van der Waals surface area (Å²) < 4.78 is 7.07. The summed E-state index contributed by atoms with van der Waals surface area (Å²) in [6.45, 7) is 2.11. The summed E-state index contributed by atoms with van der Waals surface area (Å²) in [5.74, 6) is 1.02. The zero-order valence-electron chi connectivity index (χ0n) is 15.5. The lowest BCUT2D eigenvalue weighted by atomic mass is 10.1. The first-order valence-electron chi connectivity index (χ1n) is 8.74. The Kier molecular flexibility index (Phi) is 7.04. The molecule has 0 amide bonds. The predicted octanol–water partition coefficient (Wildman–Crippen LogP) is 4.82. The van der Waals surface area contributed by atoms with Crippen molar-refractivity contribution >= 4 is 57.7 Å². The predicted molar refractivity (Wildman–Crippen MR) is 116 cm³/mol. The van der Waals surface area contributed by atoms with E-state index in [1.807, 2.05) is 29.2 Å². The Morgan fingerprint density at radius 1 is 1.39 bits per heavy atom. The largest absolute Gasteiger partial charge is 0.464 e. The van der Waals surface area contributed by atoms with Gasteiger partial charge in [-0.3, -0.25) is 0 Å². The Morgan fingerprint density at radius 3 is 2.89 bits per heavy atom. The number of ether oxygens (including phenoxy) is 1. The van der Waals surface area contributed by atoms with Gasteiger partial charge in [0.1, 0.15) is 11.9 Å². The molecule has 0 spiro atoms. The number of pyridine rings is 1. The van der Waals surface area contributed by atoms with Crippen molar-refractivity contribution in [1.29, 1.82) is 0 Å². The van der Waals surface area contributed by atoms with Crippen LogP contribution < -0.4 is 5.32 Å². The normalized spacial score (nSPS) is 12.1. The minimum absolute atomic E-state index is 0.306. The van der Waals surface area contributed by atoms with E-state index in [-0.39, 0.29) is 5.97 Å². The Morgan fingerprint density at radius 2 is 2.21 bits per heavy atom. The van der Waals surface area contributed by atoms with Gasteiger partial charge in [0.2, 0.25) is 0 Å². The van der Waals surface area contributed by atoms with Crippen molar-refractivity contribution in [3.05, 3.63) is 47.0 Å². The molecule has 3 aromatic rings. The fourth-order valence-corrected chi connectivity index (χ4v) is 3.64. The van der Waals surface area contributed by atoms with Gasteiger partial charge in [-0.1, -0.05) is 23.2 Å². The Bertz CT molecular complexity index is 966. The van der Waals surface area contributed by atoms with Gasteiger partial charge in [-0.15, -0.1) is 0 Å². The smallest absolute Gasteiger partial charge is 0.328 e. The Hall–Kier alpha value is -1.96. The number of imidazole rings is 1. The maximum atomic E-state index is 12.4. The van der Waals surface area contributed by atoms with Crippen LogP contribution in [-0.4, -0.2) is 45.2 Å². The molecule has 0 aliphatic carbocycles. The van der Waals surface area contributed by atoms with Crippen LogP contribution in [0.15, 0.2) is 36.9 Å². The molecule has 1 aromatic carbocycles. The molecule has 0 fully saturated rings. The van der Waals surface area contributed by atoms with E-state index in [9.17, 15) is 4.79 Å². The van der Waals surface area contributed by atoms with Crippen molar-refractivity contribution in [2.45, 2.75) is 19.4 Å². The molecule has 0 saturated heterocycles. The van der Waals surface area contributed by atoms with Crippen LogP contribution in [-0.2, 0) is 9.53 Å². The van der Waals surface area contributed by atoms with Crippen LogP contribution in [0.5, 0.6) is 0 Å². The van der Waals surface area contributed by atoms with Gasteiger partial charge in [-0.05, 0) is 37.5 Å². The number of thioether (sulfide) groups is 1. The summed E-state index contributed by atoms with van der Waals surface area (Å²) in [4.78, 5) is 21.1. The second kappa shape index (κ2) is 9.49. The number of carbonyl (C=O) groups is 1. The second-order valence-corrected chi connectivity index (χ2v) is 7.76. The summed E-state index contributed by atoms with van der Waals surface area (Å²) in [5, 5.41) is 4.81. The molecule has 2 heterocycles. The number of fused-ring (bicyclic) bond motifs is 1. The molecular weight excluding hydrogens is 419 g/mol. The lowest BCUT2D eigenvalue weighted by molar-refractivity contribution is -0.144. The highest BCUT2D eigenvalue weighted by molar-refractivity contribution is 7.98. The summed E-state index contributed by atoms with van der Waals surface area (Å²) in [6.07, 6.45) is 7.82. The van der Waals surface area contributed by atoms with Gasteiger partial charge < -0.3 is 14.6 Å². The van der Waals surface area contributed by atoms with Gasteiger partial charge in [-0.2, -0.15) is 11.8 Å². The van der Waals surface area contributed by atoms with Crippen LogP contribution in [0.2, 0.25) is 10.0 Å². The zero-order chi connectivity index (χ0) is 20.1. The van der Waals surface area contributed by atoms with Gasteiger partial charge in [0.25, 0.3) is 0 Å². The third kappa shape index (κ3) is 4.54. The van der Waals surface area contributed by atoms with Crippen molar-refractivity contribution < 1.29 is 9.53 Å². The first-order valence-corrected chi connectivity index (χ1v) is 10.9. The Balaban J connectivity index is 2.07. The number of hydrogen-bond acceptors (Lipinski definition) is 6. The van der Waals surface area contributed by atoms with Crippen molar-refractivity contribution in [2.75, 3.05) is 23.9 Å². The van der Waals surface area contributed by atoms with E-state index < -0.39 is 6.04 Å². The first-order chi connectivity index (χ1) is 13.5. The van der Waals surface area contributed by atoms with Crippen molar-refractivity contribution in [3.63, 3.8) is 0 Å². The molecule has 9 heteroatoms. The minimum Gasteiger partial charge on any atom is -0.464 e. The number of nitrogens with zero attached hydrogens (tertiary/aromatic N) is 3. The van der Waals surface area contributed by atoms with Crippen LogP contribution >= 0.6 is 35.0 Å². The van der Waals surface area contributed by atoms with Gasteiger partial charge in [0.15, 0.2) is 0 Å². The fourth-order valence-electron chi connectivity index (χ4n) is 2.81. The van der Waals surface area contributed by atoms with Gasteiger partial charge in [-0.25, -0.2) is 14.8 Å². The first kappa shape index (κ1) is 20.8. The molecule has 6 nitrogen and oxygen atoms in total. The third-order valence-electron chi connectivity index (χ3n) is 4.14. The molecule has 0 radical (unpaired) electrons. The summed E-state index contributed by atoms with van der Waals surface area (Å²) >= 11 is 14.3. The topological polar surface area (TPSA) is 69.0 Å². The molecule has 1 N–H and O–H groups in total. The number of anilines is 1. The van der Waals surface area contributed by atoms with Crippen LogP contribution in [0.3, 0.4) is 0 Å². The number of nitrogens with one attached hydrogen (secondary N) is 1. The minimum atomic E-state index is -0.508. The number of esters is 1. The standard InChI is InChI=1S/C19H20Cl2N4O2S/c1-3-27-19(26)14(6-9-28-2)23-16-10-15(25-8-7-22-11-25)12-4-5-13(20)17(21)18(12)24-16/h4-5,7-8,10-11,14H,3,6,9H2,1-2H3,(H,23,24). The zero-order valence-corrected chi connectivity index (χ0v) is 17.8. The molecule has 0 bridgehead atoms. The molecule has 28 heavy (non-hydrogen) atoms. The van der Waals surface area contributed by atoms with E-state index in [0.29, 0.717) is 34.4 Å². The van der Waals surface area contributed by atoms with E-state index >= 15 is 0 Å². The number of halogens is 2. The summed E-state index contributed by atoms with van der Waals surface area (Å²) in [7, 11) is 0. The van der Waals surface area contributed by atoms with E-state index in [0.717, 1.165) is 16.8 Å². The average molecular weight is 439 g/mol. The van der Waals surface area contributed by atoms with Gasteiger partial charge in [0, 0.05) is 23.8 Å². The quantitative estimate of drug-likeness (QED) is 0.508. The molecule has 1 atom stereocenters. The van der Waals surface area contributed by atoms with E-state index in [1.165, 1.54) is 0 Å². The number of benzene rings is 1. The van der Waals surface area contributed by atoms with E-state index in [2.05, 4.69) is 15.3 Å². The van der Waals surface area contributed by atoms with Gasteiger partial charge in [0.05, 0.1) is 34.2 Å². The highest BCUT2D eigenvalue weighted by Crippen LogP contribution is 2.34. The lowest BCUT2D eigenvalue weighted by Crippen LogP contribution is -2.32. The molecule has 148 valence electrons. The van der Waals surface area contributed by atoms with E-state index in [1.54, 1.807) is 37.3 Å². The average Bonchev–Trinajstić information content (AvgIpc) is 3.22. The molecule has 3 rings (SSSR count). The second-order valence-electron chi connectivity index (χ2n) is 5.98. The molecule has 0 aliphatic rings. The molecule has 1 unspecified atom stereocenters. The van der Waals surface area contributed by atoms with Crippen LogP contribution in [0, 0.1) is 0 Å². The van der Waals surface area contributed by atoms with Crippen LogP contribution in [0.4, 0.5) is 5.82 Å². The number of rotatable bonds is 8. The fraction of sp³-hybridized carbons (Fsp3) is 0.316. The van der Waals surface area contributed by atoms with Crippen LogP contribution in [0.25, 0.3) is 16.6 Å².